The molecule has 0 aromatic carbocycles. The van der Waals surface area contributed by atoms with E-state index < -0.39 is 5.60 Å². The molecule has 0 bridgehead atoms. The molecule has 0 aliphatic carbocycles. The fourth-order valence-electron chi connectivity index (χ4n) is 2.19. The summed E-state index contributed by atoms with van der Waals surface area (Å²) < 4.78 is 0. The van der Waals surface area contributed by atoms with E-state index in [1.165, 1.54) is 55.4 Å². The van der Waals surface area contributed by atoms with Gasteiger partial charge in [-0.2, -0.15) is 0 Å². The van der Waals surface area contributed by atoms with Crippen LogP contribution >= 0.6 is 11.3 Å². The van der Waals surface area contributed by atoms with Gasteiger partial charge in [0.05, 0.1) is 5.60 Å². The Morgan fingerprint density at radius 1 is 1.11 bits per heavy atom. The summed E-state index contributed by atoms with van der Waals surface area (Å²) in [5.74, 6) is 0. The van der Waals surface area contributed by atoms with Crippen LogP contribution in [0.25, 0.3) is 0 Å². The van der Waals surface area contributed by atoms with Crippen molar-refractivity contribution < 1.29 is 5.11 Å². The Labute approximate surface area is 116 Å². The molecule has 0 spiro atoms. The Kier molecular flexibility index (Phi) is 6.95. The molecule has 0 aliphatic rings. The van der Waals surface area contributed by atoms with Gasteiger partial charge in [0.15, 0.2) is 0 Å². The van der Waals surface area contributed by atoms with Crippen molar-refractivity contribution in [3.8, 4) is 0 Å². The fraction of sp³-hybridized carbons (Fsp3) is 0.750. The Hall–Kier alpha value is -0.340. The number of hydrogen-bond acceptors (Lipinski definition) is 2. The van der Waals surface area contributed by atoms with E-state index in [1.807, 2.05) is 13.8 Å². The van der Waals surface area contributed by atoms with Crippen LogP contribution < -0.4 is 0 Å². The van der Waals surface area contributed by atoms with E-state index in [1.54, 1.807) is 11.3 Å². The maximum absolute atomic E-state index is 9.78. The Morgan fingerprint density at radius 2 is 1.78 bits per heavy atom. The Bertz CT molecular complexity index is 322. The lowest BCUT2D eigenvalue weighted by Gasteiger charge is -2.14. The molecule has 0 amide bonds. The van der Waals surface area contributed by atoms with Gasteiger partial charge in [-0.05, 0) is 43.7 Å². The molecule has 1 aromatic rings. The molecule has 0 saturated carbocycles. The minimum Gasteiger partial charge on any atom is -0.390 e. The SMILES string of the molecule is CCCCCCCCc1csc(CC(C)(C)O)c1. The number of unbranched alkanes of at least 4 members (excludes halogenated alkanes) is 5. The first-order valence-corrected chi connectivity index (χ1v) is 8.18. The van der Waals surface area contributed by atoms with Crippen LogP contribution in [-0.4, -0.2) is 10.7 Å². The van der Waals surface area contributed by atoms with Crippen molar-refractivity contribution in [2.24, 2.45) is 0 Å². The van der Waals surface area contributed by atoms with E-state index in [9.17, 15) is 5.11 Å². The fourth-order valence-corrected chi connectivity index (χ4v) is 3.33. The lowest BCUT2D eigenvalue weighted by Crippen LogP contribution is -2.21. The second kappa shape index (κ2) is 7.96. The van der Waals surface area contributed by atoms with E-state index >= 15 is 0 Å². The molecule has 0 aliphatic heterocycles. The molecule has 1 rings (SSSR count). The molecule has 1 aromatic heterocycles. The quantitative estimate of drug-likeness (QED) is 0.627. The van der Waals surface area contributed by atoms with E-state index in [0.29, 0.717) is 0 Å². The number of aryl methyl sites for hydroxylation is 1. The van der Waals surface area contributed by atoms with Crippen molar-refractivity contribution in [2.75, 3.05) is 0 Å². The first-order valence-electron chi connectivity index (χ1n) is 7.30. The summed E-state index contributed by atoms with van der Waals surface area (Å²) in [6.45, 7) is 6.01. The van der Waals surface area contributed by atoms with E-state index in [2.05, 4.69) is 18.4 Å². The van der Waals surface area contributed by atoms with Gasteiger partial charge in [-0.1, -0.05) is 39.0 Å². The highest BCUT2D eigenvalue weighted by Crippen LogP contribution is 2.21. The lowest BCUT2D eigenvalue weighted by molar-refractivity contribution is 0.0818. The molecular formula is C16H28OS. The Balaban J connectivity index is 2.19. The smallest absolute Gasteiger partial charge is 0.0639 e. The highest BCUT2D eigenvalue weighted by Gasteiger charge is 2.14. The molecule has 0 atom stereocenters. The van der Waals surface area contributed by atoms with Crippen molar-refractivity contribution in [1.29, 1.82) is 0 Å². The minimum atomic E-state index is -0.581. The van der Waals surface area contributed by atoms with Crippen LogP contribution in [0, 0.1) is 0 Å². The lowest BCUT2D eigenvalue weighted by atomic mass is 10.0. The van der Waals surface area contributed by atoms with Gasteiger partial charge in [0, 0.05) is 11.3 Å². The van der Waals surface area contributed by atoms with Crippen molar-refractivity contribution >= 4 is 11.3 Å². The molecule has 1 heterocycles. The molecule has 1 N–H and O–H groups in total. The summed E-state index contributed by atoms with van der Waals surface area (Å²) in [6.07, 6.45) is 10.1. The minimum absolute atomic E-state index is 0.581. The summed E-state index contributed by atoms with van der Waals surface area (Å²) in [6, 6.07) is 2.27. The highest BCUT2D eigenvalue weighted by atomic mass is 32.1. The first-order chi connectivity index (χ1) is 8.51. The van der Waals surface area contributed by atoms with Crippen molar-refractivity contribution in [3.05, 3.63) is 21.9 Å². The van der Waals surface area contributed by atoms with Crippen LogP contribution in [0.1, 0.15) is 69.7 Å². The van der Waals surface area contributed by atoms with Crippen molar-refractivity contribution in [3.63, 3.8) is 0 Å². The molecule has 0 radical (unpaired) electrons. The third-order valence-corrected chi connectivity index (χ3v) is 4.12. The zero-order valence-electron chi connectivity index (χ0n) is 12.2. The number of thiophene rings is 1. The van der Waals surface area contributed by atoms with Gasteiger partial charge in [-0.3, -0.25) is 0 Å². The molecule has 1 nitrogen and oxygen atoms in total. The van der Waals surface area contributed by atoms with Gasteiger partial charge in [0.2, 0.25) is 0 Å². The topological polar surface area (TPSA) is 20.2 Å². The maximum atomic E-state index is 9.78. The van der Waals surface area contributed by atoms with Gasteiger partial charge in [-0.15, -0.1) is 11.3 Å². The van der Waals surface area contributed by atoms with Crippen molar-refractivity contribution in [2.45, 2.75) is 77.7 Å². The zero-order chi connectivity index (χ0) is 13.4. The normalized spacial score (nSPS) is 12.0. The number of aliphatic hydroxyl groups is 1. The standard InChI is InChI=1S/C16H28OS/c1-4-5-6-7-8-9-10-14-11-15(18-13-14)12-16(2,3)17/h11,13,17H,4-10,12H2,1-3H3. The summed E-state index contributed by atoms with van der Waals surface area (Å²) >= 11 is 1.79. The first kappa shape index (κ1) is 15.7. The average Bonchev–Trinajstić information content (AvgIpc) is 2.68. The van der Waals surface area contributed by atoms with Crippen molar-refractivity contribution in [1.82, 2.24) is 0 Å². The second-order valence-electron chi connectivity index (χ2n) is 5.93. The van der Waals surface area contributed by atoms with Gasteiger partial charge in [0.25, 0.3) is 0 Å². The third kappa shape index (κ3) is 7.17. The molecule has 104 valence electrons. The molecular weight excluding hydrogens is 240 g/mol. The second-order valence-corrected chi connectivity index (χ2v) is 6.92. The zero-order valence-corrected chi connectivity index (χ0v) is 13.0. The van der Waals surface area contributed by atoms with Crippen LogP contribution in [0.15, 0.2) is 11.4 Å². The largest absolute Gasteiger partial charge is 0.390 e. The monoisotopic (exact) mass is 268 g/mol. The third-order valence-electron chi connectivity index (χ3n) is 3.13. The highest BCUT2D eigenvalue weighted by molar-refractivity contribution is 7.10. The summed E-state index contributed by atoms with van der Waals surface area (Å²) in [7, 11) is 0. The molecule has 2 heteroatoms. The van der Waals surface area contributed by atoms with Crippen LogP contribution in [0.4, 0.5) is 0 Å². The predicted octanol–water partition coefficient (Wildman–Crippen LogP) is 4.96. The number of rotatable bonds is 9. The summed E-state index contributed by atoms with van der Waals surface area (Å²) in [5.41, 5.74) is 0.872. The van der Waals surface area contributed by atoms with E-state index in [0.717, 1.165) is 6.42 Å². The summed E-state index contributed by atoms with van der Waals surface area (Å²) in [4.78, 5) is 1.31. The molecule has 0 saturated heterocycles. The van der Waals surface area contributed by atoms with E-state index in [-0.39, 0.29) is 0 Å². The van der Waals surface area contributed by atoms with Crippen LogP contribution in [0.2, 0.25) is 0 Å². The molecule has 0 fully saturated rings. The maximum Gasteiger partial charge on any atom is 0.0639 e. The predicted molar refractivity (Wildman–Crippen MR) is 81.4 cm³/mol. The van der Waals surface area contributed by atoms with Gasteiger partial charge < -0.3 is 5.11 Å². The van der Waals surface area contributed by atoms with Crippen LogP contribution in [-0.2, 0) is 12.8 Å². The summed E-state index contributed by atoms with van der Waals surface area (Å²) in [5, 5.41) is 12.0. The van der Waals surface area contributed by atoms with E-state index in [4.69, 9.17) is 0 Å². The van der Waals surface area contributed by atoms with Gasteiger partial charge >= 0.3 is 0 Å². The molecule has 18 heavy (non-hydrogen) atoms. The van der Waals surface area contributed by atoms with Crippen LogP contribution in [0.3, 0.4) is 0 Å². The van der Waals surface area contributed by atoms with Gasteiger partial charge in [0.1, 0.15) is 0 Å². The number of hydrogen-bond donors (Lipinski definition) is 1. The van der Waals surface area contributed by atoms with Gasteiger partial charge in [-0.25, -0.2) is 0 Å². The average molecular weight is 268 g/mol. The molecule has 0 unspecified atom stereocenters. The van der Waals surface area contributed by atoms with Crippen LogP contribution in [0.5, 0.6) is 0 Å². The Morgan fingerprint density at radius 3 is 2.44 bits per heavy atom.